The smallest absolute Gasteiger partial charge is 0.261 e. The second kappa shape index (κ2) is 6.48. The molecular weight excluding hydrogens is 250 g/mol. The Bertz CT molecular complexity index is 693. The highest BCUT2D eigenvalue weighted by Gasteiger charge is 2.08. The highest BCUT2D eigenvalue weighted by atomic mass is 16.1. The number of nitrogens with one attached hydrogen (secondary N) is 1. The fraction of sp³-hybridized carbons (Fsp3) is 0.188. The fourth-order valence-corrected chi connectivity index (χ4v) is 1.90. The van der Waals surface area contributed by atoms with Crippen LogP contribution in [0.25, 0.3) is 16.8 Å². The van der Waals surface area contributed by atoms with Crippen molar-refractivity contribution in [2.24, 2.45) is 0 Å². The van der Waals surface area contributed by atoms with Crippen LogP contribution in [0.4, 0.5) is 0 Å². The molecule has 0 spiro atoms. The van der Waals surface area contributed by atoms with Gasteiger partial charge in [-0.3, -0.25) is 9.78 Å². The monoisotopic (exact) mass is 265 g/mol. The SMILES string of the molecule is CCCNC(=O)/C(C#N)=C/c1cccc2ccncc12. The number of hydrogen-bond donors (Lipinski definition) is 1. The molecule has 0 radical (unpaired) electrons. The van der Waals surface area contributed by atoms with Crippen molar-refractivity contribution in [3.8, 4) is 6.07 Å². The lowest BCUT2D eigenvalue weighted by Crippen LogP contribution is -2.25. The van der Waals surface area contributed by atoms with Gasteiger partial charge < -0.3 is 5.32 Å². The molecule has 100 valence electrons. The van der Waals surface area contributed by atoms with Crippen molar-refractivity contribution in [3.63, 3.8) is 0 Å². The molecule has 1 aromatic heterocycles. The first kappa shape index (κ1) is 13.8. The Morgan fingerprint density at radius 2 is 2.30 bits per heavy atom. The Morgan fingerprint density at radius 1 is 1.45 bits per heavy atom. The van der Waals surface area contributed by atoms with Gasteiger partial charge in [0.2, 0.25) is 0 Å². The van der Waals surface area contributed by atoms with Gasteiger partial charge in [-0.25, -0.2) is 0 Å². The maximum Gasteiger partial charge on any atom is 0.261 e. The predicted octanol–water partition coefficient (Wildman–Crippen LogP) is 2.67. The molecule has 0 aliphatic heterocycles. The normalized spacial score (nSPS) is 11.1. The van der Waals surface area contributed by atoms with Gasteiger partial charge in [0.25, 0.3) is 5.91 Å². The standard InChI is InChI=1S/C16H15N3O/c1-2-7-19-16(20)14(10-17)9-13-5-3-4-12-6-8-18-11-15(12)13/h3-6,8-9,11H,2,7H2,1H3,(H,19,20)/b14-9+. The number of aromatic nitrogens is 1. The predicted molar refractivity (Wildman–Crippen MR) is 78.6 cm³/mol. The van der Waals surface area contributed by atoms with Crippen molar-refractivity contribution < 1.29 is 4.79 Å². The Balaban J connectivity index is 2.40. The highest BCUT2D eigenvalue weighted by Crippen LogP contribution is 2.19. The lowest BCUT2D eigenvalue weighted by atomic mass is 10.0. The quantitative estimate of drug-likeness (QED) is 0.682. The molecule has 1 N–H and O–H groups in total. The summed E-state index contributed by atoms with van der Waals surface area (Å²) in [4.78, 5) is 15.9. The van der Waals surface area contributed by atoms with E-state index >= 15 is 0 Å². The molecule has 4 nitrogen and oxygen atoms in total. The van der Waals surface area contributed by atoms with E-state index in [1.54, 1.807) is 18.5 Å². The summed E-state index contributed by atoms with van der Waals surface area (Å²) in [5.41, 5.74) is 0.925. The largest absolute Gasteiger partial charge is 0.351 e. The summed E-state index contributed by atoms with van der Waals surface area (Å²) in [7, 11) is 0. The summed E-state index contributed by atoms with van der Waals surface area (Å²) < 4.78 is 0. The Labute approximate surface area is 117 Å². The third-order valence-electron chi connectivity index (χ3n) is 2.92. The zero-order chi connectivity index (χ0) is 14.4. The van der Waals surface area contributed by atoms with Crippen LogP contribution in [0.3, 0.4) is 0 Å². The number of fused-ring (bicyclic) bond motifs is 1. The highest BCUT2D eigenvalue weighted by molar-refractivity contribution is 6.03. The van der Waals surface area contributed by atoms with Crippen LogP contribution < -0.4 is 5.32 Å². The maximum atomic E-state index is 11.9. The summed E-state index contributed by atoms with van der Waals surface area (Å²) >= 11 is 0. The average Bonchev–Trinajstić information content (AvgIpc) is 2.50. The van der Waals surface area contributed by atoms with E-state index in [0.29, 0.717) is 6.54 Å². The molecule has 2 aromatic rings. The summed E-state index contributed by atoms with van der Waals surface area (Å²) in [6, 6.07) is 9.59. The Kier molecular flexibility index (Phi) is 4.46. The van der Waals surface area contributed by atoms with Gasteiger partial charge in [-0.1, -0.05) is 25.1 Å². The van der Waals surface area contributed by atoms with Gasteiger partial charge in [-0.15, -0.1) is 0 Å². The Morgan fingerprint density at radius 3 is 3.05 bits per heavy atom. The van der Waals surface area contributed by atoms with Crippen molar-refractivity contribution in [2.75, 3.05) is 6.54 Å². The molecule has 20 heavy (non-hydrogen) atoms. The lowest BCUT2D eigenvalue weighted by Gasteiger charge is -2.04. The van der Waals surface area contributed by atoms with Crippen molar-refractivity contribution in [1.29, 1.82) is 5.26 Å². The van der Waals surface area contributed by atoms with Gasteiger partial charge in [0, 0.05) is 24.3 Å². The van der Waals surface area contributed by atoms with E-state index in [9.17, 15) is 4.79 Å². The van der Waals surface area contributed by atoms with Gasteiger partial charge in [0.1, 0.15) is 11.6 Å². The fourth-order valence-electron chi connectivity index (χ4n) is 1.90. The van der Waals surface area contributed by atoms with Crippen LogP contribution in [0.2, 0.25) is 0 Å². The number of carbonyl (C=O) groups is 1. The minimum absolute atomic E-state index is 0.106. The first-order chi connectivity index (χ1) is 9.76. The zero-order valence-corrected chi connectivity index (χ0v) is 11.3. The van der Waals surface area contributed by atoms with E-state index in [0.717, 1.165) is 22.8 Å². The lowest BCUT2D eigenvalue weighted by molar-refractivity contribution is -0.117. The zero-order valence-electron chi connectivity index (χ0n) is 11.3. The molecule has 1 aromatic carbocycles. The number of amides is 1. The molecule has 0 aliphatic carbocycles. The molecule has 4 heteroatoms. The van der Waals surface area contributed by atoms with E-state index in [2.05, 4.69) is 10.3 Å². The maximum absolute atomic E-state index is 11.9. The molecule has 0 aliphatic rings. The molecule has 0 saturated carbocycles. The molecule has 1 amide bonds. The number of rotatable bonds is 4. The van der Waals surface area contributed by atoms with Gasteiger partial charge in [-0.05, 0) is 29.5 Å². The van der Waals surface area contributed by atoms with Crippen LogP contribution in [0, 0.1) is 11.3 Å². The number of pyridine rings is 1. The average molecular weight is 265 g/mol. The van der Waals surface area contributed by atoms with Gasteiger partial charge in [0.05, 0.1) is 0 Å². The third-order valence-corrected chi connectivity index (χ3v) is 2.92. The first-order valence-corrected chi connectivity index (χ1v) is 6.49. The molecule has 0 atom stereocenters. The molecular formula is C16H15N3O. The van der Waals surface area contributed by atoms with Crippen LogP contribution in [-0.2, 0) is 4.79 Å². The minimum atomic E-state index is -0.338. The second-order valence-electron chi connectivity index (χ2n) is 4.37. The number of carbonyl (C=O) groups excluding carboxylic acids is 1. The van der Waals surface area contributed by atoms with Gasteiger partial charge in [-0.2, -0.15) is 5.26 Å². The molecule has 0 unspecified atom stereocenters. The van der Waals surface area contributed by atoms with E-state index in [-0.39, 0.29) is 11.5 Å². The topological polar surface area (TPSA) is 65.8 Å². The van der Waals surface area contributed by atoms with E-state index in [4.69, 9.17) is 5.26 Å². The Hall–Kier alpha value is -2.67. The summed E-state index contributed by atoms with van der Waals surface area (Å²) in [6.07, 6.45) is 5.90. The molecule has 0 saturated heterocycles. The molecule has 1 heterocycles. The van der Waals surface area contributed by atoms with Crippen molar-refractivity contribution in [2.45, 2.75) is 13.3 Å². The third kappa shape index (κ3) is 3.01. The number of benzene rings is 1. The van der Waals surface area contributed by atoms with Crippen LogP contribution >= 0.6 is 0 Å². The number of nitrogens with zero attached hydrogens (tertiary/aromatic N) is 2. The first-order valence-electron chi connectivity index (χ1n) is 6.49. The molecule has 0 fully saturated rings. The van der Waals surface area contributed by atoms with Crippen molar-refractivity contribution in [1.82, 2.24) is 10.3 Å². The van der Waals surface area contributed by atoms with Crippen LogP contribution in [-0.4, -0.2) is 17.4 Å². The van der Waals surface area contributed by atoms with E-state index in [1.807, 2.05) is 37.3 Å². The van der Waals surface area contributed by atoms with E-state index in [1.165, 1.54) is 0 Å². The summed E-state index contributed by atoms with van der Waals surface area (Å²) in [5, 5.41) is 13.8. The van der Waals surface area contributed by atoms with Gasteiger partial charge >= 0.3 is 0 Å². The van der Waals surface area contributed by atoms with Gasteiger partial charge in [0.15, 0.2) is 0 Å². The number of nitriles is 1. The van der Waals surface area contributed by atoms with E-state index < -0.39 is 0 Å². The molecule has 2 rings (SSSR count). The number of hydrogen-bond acceptors (Lipinski definition) is 3. The second-order valence-corrected chi connectivity index (χ2v) is 4.37. The molecule has 0 bridgehead atoms. The summed E-state index contributed by atoms with van der Waals surface area (Å²) in [5.74, 6) is -0.338. The minimum Gasteiger partial charge on any atom is -0.351 e. The van der Waals surface area contributed by atoms with Crippen LogP contribution in [0.15, 0.2) is 42.2 Å². The van der Waals surface area contributed by atoms with Crippen molar-refractivity contribution >= 4 is 22.8 Å². The van der Waals surface area contributed by atoms with Crippen molar-refractivity contribution in [3.05, 3.63) is 47.8 Å². The van der Waals surface area contributed by atoms with Crippen LogP contribution in [0.1, 0.15) is 18.9 Å². The summed E-state index contributed by atoms with van der Waals surface area (Å²) in [6.45, 7) is 2.53. The van der Waals surface area contributed by atoms with Crippen LogP contribution in [0.5, 0.6) is 0 Å².